The number of pyridine rings is 1. The third-order valence-corrected chi connectivity index (χ3v) is 2.98. The number of nitrogens with zero attached hydrogens (tertiary/aromatic N) is 2. The molecule has 7 nitrogen and oxygen atoms in total. The van der Waals surface area contributed by atoms with E-state index in [1.54, 1.807) is 20.4 Å². The van der Waals surface area contributed by atoms with Gasteiger partial charge in [-0.2, -0.15) is 0 Å². The third-order valence-electron chi connectivity index (χ3n) is 2.98. The second-order valence-electron chi connectivity index (χ2n) is 4.75. The number of halogens is 1. The van der Waals surface area contributed by atoms with Crippen LogP contribution in [-0.2, 0) is 16.0 Å². The molecule has 0 aromatic carbocycles. The number of nitrogens with one attached hydrogen (secondary N) is 2. The van der Waals surface area contributed by atoms with E-state index in [2.05, 4.69) is 20.6 Å². The fourth-order valence-electron chi connectivity index (χ4n) is 1.86. The molecule has 0 unspecified atom stereocenters. The molecule has 0 bridgehead atoms. The van der Waals surface area contributed by atoms with Crippen LogP contribution < -0.4 is 15.4 Å². The van der Waals surface area contributed by atoms with Crippen LogP contribution in [0.15, 0.2) is 23.3 Å². The molecule has 8 heteroatoms. The monoisotopic (exact) mass is 452 g/mol. The molecule has 0 saturated heterocycles. The zero-order valence-corrected chi connectivity index (χ0v) is 17.0. The van der Waals surface area contributed by atoms with Crippen molar-refractivity contribution >= 4 is 29.9 Å². The van der Waals surface area contributed by atoms with Crippen molar-refractivity contribution in [3.05, 3.63) is 23.9 Å². The van der Waals surface area contributed by atoms with Crippen LogP contribution in [0.1, 0.15) is 18.9 Å². The number of aromatic nitrogens is 1. The van der Waals surface area contributed by atoms with Crippen molar-refractivity contribution in [1.82, 2.24) is 15.6 Å². The first-order valence-corrected chi connectivity index (χ1v) is 7.88. The molecule has 0 fully saturated rings. The average molecular weight is 452 g/mol. The van der Waals surface area contributed by atoms with Crippen molar-refractivity contribution < 1.29 is 14.2 Å². The summed E-state index contributed by atoms with van der Waals surface area (Å²) >= 11 is 0. The Morgan fingerprint density at radius 3 is 2.75 bits per heavy atom. The van der Waals surface area contributed by atoms with Crippen LogP contribution in [-0.4, -0.2) is 58.1 Å². The first-order valence-electron chi connectivity index (χ1n) is 7.88. The molecule has 0 amide bonds. The maximum Gasteiger partial charge on any atom is 0.218 e. The Balaban J connectivity index is 0.00000529. The standard InChI is InChI=1S/C16H28N4O3.HI/c1-4-17-16(19-9-6-10-23-12-11-21-2)20-13-14-7-5-8-18-15(14)22-3;/h5,7-8H,4,6,9-13H2,1-3H3,(H2,17,19,20);1H. The van der Waals surface area contributed by atoms with Crippen molar-refractivity contribution in [3.63, 3.8) is 0 Å². The number of guanidine groups is 1. The number of ether oxygens (including phenoxy) is 3. The minimum atomic E-state index is 0. The Hall–Kier alpha value is -1.13. The molecule has 0 aliphatic rings. The summed E-state index contributed by atoms with van der Waals surface area (Å²) in [7, 11) is 3.28. The van der Waals surface area contributed by atoms with Crippen molar-refractivity contribution in [2.75, 3.05) is 47.1 Å². The smallest absolute Gasteiger partial charge is 0.218 e. The molecule has 2 N–H and O–H groups in total. The number of hydrogen-bond acceptors (Lipinski definition) is 5. The van der Waals surface area contributed by atoms with Crippen LogP contribution in [0.25, 0.3) is 0 Å². The largest absolute Gasteiger partial charge is 0.481 e. The van der Waals surface area contributed by atoms with E-state index in [4.69, 9.17) is 14.2 Å². The Kier molecular flexibility index (Phi) is 14.7. The van der Waals surface area contributed by atoms with E-state index in [-0.39, 0.29) is 24.0 Å². The van der Waals surface area contributed by atoms with Crippen molar-refractivity contribution in [3.8, 4) is 5.88 Å². The summed E-state index contributed by atoms with van der Waals surface area (Å²) in [5.41, 5.74) is 0.954. The second kappa shape index (κ2) is 15.4. The molecule has 0 aliphatic carbocycles. The molecule has 1 rings (SSSR count). The lowest BCUT2D eigenvalue weighted by molar-refractivity contribution is 0.0698. The lowest BCUT2D eigenvalue weighted by atomic mass is 10.3. The third kappa shape index (κ3) is 9.89. The van der Waals surface area contributed by atoms with Gasteiger partial charge in [0.25, 0.3) is 0 Å². The molecular formula is C16H29IN4O3. The quantitative estimate of drug-likeness (QED) is 0.231. The highest BCUT2D eigenvalue weighted by atomic mass is 127. The Morgan fingerprint density at radius 1 is 1.21 bits per heavy atom. The number of methoxy groups -OCH3 is 2. The average Bonchev–Trinajstić information content (AvgIpc) is 2.59. The number of aliphatic imine (C=N–C) groups is 1. The topological polar surface area (TPSA) is 77.0 Å². The van der Waals surface area contributed by atoms with Gasteiger partial charge in [-0.1, -0.05) is 6.07 Å². The SMILES string of the molecule is CCNC(=NCc1cccnc1OC)NCCCOCCOC.I. The van der Waals surface area contributed by atoms with Gasteiger partial charge in [0.05, 0.1) is 26.9 Å². The highest BCUT2D eigenvalue weighted by molar-refractivity contribution is 14.0. The lowest BCUT2D eigenvalue weighted by Gasteiger charge is -2.12. The molecular weight excluding hydrogens is 423 g/mol. The van der Waals surface area contributed by atoms with Crippen LogP contribution in [0, 0.1) is 0 Å². The highest BCUT2D eigenvalue weighted by Gasteiger charge is 2.03. The highest BCUT2D eigenvalue weighted by Crippen LogP contribution is 2.14. The molecule has 0 radical (unpaired) electrons. The summed E-state index contributed by atoms with van der Waals surface area (Å²) in [6.07, 6.45) is 2.61. The fourth-order valence-corrected chi connectivity index (χ4v) is 1.86. The Morgan fingerprint density at radius 2 is 2.04 bits per heavy atom. The molecule has 1 aromatic heterocycles. The van der Waals surface area contributed by atoms with Crippen LogP contribution >= 0.6 is 24.0 Å². The van der Waals surface area contributed by atoms with Gasteiger partial charge in [0.1, 0.15) is 0 Å². The Bertz CT molecular complexity index is 461. The molecule has 0 spiro atoms. The van der Waals surface area contributed by atoms with Crippen LogP contribution in [0.4, 0.5) is 0 Å². The van der Waals surface area contributed by atoms with Gasteiger partial charge in [0, 0.05) is 38.6 Å². The molecule has 1 heterocycles. The van der Waals surface area contributed by atoms with Gasteiger partial charge in [-0.3, -0.25) is 0 Å². The Labute approximate surface area is 161 Å². The maximum atomic E-state index is 5.43. The molecule has 0 aliphatic heterocycles. The van der Waals surface area contributed by atoms with Crippen LogP contribution in [0.5, 0.6) is 5.88 Å². The summed E-state index contributed by atoms with van der Waals surface area (Å²) < 4.78 is 15.6. The molecule has 0 saturated carbocycles. The number of rotatable bonds is 11. The van der Waals surface area contributed by atoms with Crippen LogP contribution in [0.3, 0.4) is 0 Å². The van der Waals surface area contributed by atoms with E-state index in [0.717, 1.165) is 31.0 Å². The first kappa shape index (κ1) is 22.9. The summed E-state index contributed by atoms with van der Waals surface area (Å²) in [5, 5.41) is 6.50. The van der Waals surface area contributed by atoms with E-state index in [1.165, 1.54) is 0 Å². The van der Waals surface area contributed by atoms with Gasteiger partial charge in [-0.05, 0) is 19.4 Å². The van der Waals surface area contributed by atoms with Gasteiger partial charge in [0.2, 0.25) is 5.88 Å². The minimum absolute atomic E-state index is 0. The van der Waals surface area contributed by atoms with Crippen molar-refractivity contribution in [2.45, 2.75) is 19.9 Å². The van der Waals surface area contributed by atoms with E-state index in [0.29, 0.717) is 32.2 Å². The zero-order valence-electron chi connectivity index (χ0n) is 14.7. The minimum Gasteiger partial charge on any atom is -0.481 e. The van der Waals surface area contributed by atoms with E-state index < -0.39 is 0 Å². The van der Waals surface area contributed by atoms with E-state index >= 15 is 0 Å². The van der Waals surface area contributed by atoms with Gasteiger partial charge >= 0.3 is 0 Å². The van der Waals surface area contributed by atoms with Gasteiger partial charge < -0.3 is 24.8 Å². The first-order chi connectivity index (χ1) is 11.3. The predicted molar refractivity (Wildman–Crippen MR) is 106 cm³/mol. The summed E-state index contributed by atoms with van der Waals surface area (Å²) in [6, 6.07) is 3.84. The van der Waals surface area contributed by atoms with Crippen molar-refractivity contribution in [2.24, 2.45) is 4.99 Å². The van der Waals surface area contributed by atoms with E-state index in [9.17, 15) is 0 Å². The van der Waals surface area contributed by atoms with Crippen LogP contribution in [0.2, 0.25) is 0 Å². The maximum absolute atomic E-state index is 5.43. The molecule has 1 aromatic rings. The molecule has 0 atom stereocenters. The molecule has 138 valence electrons. The lowest BCUT2D eigenvalue weighted by Crippen LogP contribution is -2.38. The molecule has 24 heavy (non-hydrogen) atoms. The van der Waals surface area contributed by atoms with Gasteiger partial charge in [-0.15, -0.1) is 24.0 Å². The number of hydrogen-bond donors (Lipinski definition) is 2. The fraction of sp³-hybridized carbons (Fsp3) is 0.625. The summed E-state index contributed by atoms with van der Waals surface area (Å²) in [5.74, 6) is 1.38. The summed E-state index contributed by atoms with van der Waals surface area (Å²) in [4.78, 5) is 8.73. The zero-order chi connectivity index (χ0) is 16.8. The van der Waals surface area contributed by atoms with Gasteiger partial charge in [-0.25, -0.2) is 9.98 Å². The summed E-state index contributed by atoms with van der Waals surface area (Å²) in [6.45, 7) is 6.11. The normalized spacial score (nSPS) is 10.9. The van der Waals surface area contributed by atoms with Crippen molar-refractivity contribution in [1.29, 1.82) is 0 Å². The predicted octanol–water partition coefficient (Wildman–Crippen LogP) is 1.82. The van der Waals surface area contributed by atoms with E-state index in [1.807, 2.05) is 19.1 Å². The van der Waals surface area contributed by atoms with Gasteiger partial charge in [0.15, 0.2) is 5.96 Å². The second-order valence-corrected chi connectivity index (χ2v) is 4.75.